The molecule has 0 fully saturated rings. The van der Waals surface area contributed by atoms with Gasteiger partial charge in [-0.2, -0.15) is 0 Å². The maximum atomic E-state index is 11.0. The second kappa shape index (κ2) is 3.85. The zero-order valence-corrected chi connectivity index (χ0v) is 9.75. The van der Waals surface area contributed by atoms with Crippen LogP contribution in [0.4, 0.5) is 5.69 Å². The molecule has 0 amide bonds. The highest BCUT2D eigenvalue weighted by molar-refractivity contribution is 7.14. The first kappa shape index (κ1) is 10.3. The summed E-state index contributed by atoms with van der Waals surface area (Å²) < 4.78 is 0. The smallest absolute Gasteiger partial charge is 0.345 e. The van der Waals surface area contributed by atoms with Gasteiger partial charge in [0.1, 0.15) is 4.88 Å². The number of anilines is 1. The number of aromatic carboxylic acids is 1. The van der Waals surface area contributed by atoms with E-state index in [1.165, 1.54) is 11.3 Å². The molecule has 0 saturated carbocycles. The molecule has 0 aliphatic carbocycles. The van der Waals surface area contributed by atoms with Crippen LogP contribution >= 0.6 is 11.3 Å². The fraction of sp³-hybridized carbons (Fsp3) is 0.167. The Hall–Kier alpha value is -1.88. The standard InChI is InChI=1S/C12H10N2O2S/c15-12(16)10-6-7-9(17-10)3-5-13-8-2-1-4-14-11(7)8/h1-2,4,6,13H,3,5H2,(H,15,16). The Morgan fingerprint density at radius 1 is 1.53 bits per heavy atom. The molecule has 2 aromatic heterocycles. The van der Waals surface area contributed by atoms with E-state index in [0.717, 1.165) is 34.8 Å². The zero-order chi connectivity index (χ0) is 11.8. The molecule has 0 atom stereocenters. The average Bonchev–Trinajstić information content (AvgIpc) is 2.67. The minimum Gasteiger partial charge on any atom is -0.477 e. The molecule has 2 aromatic rings. The van der Waals surface area contributed by atoms with E-state index in [4.69, 9.17) is 5.11 Å². The molecule has 3 rings (SSSR count). The number of nitrogens with one attached hydrogen (secondary N) is 1. The molecule has 1 aliphatic rings. The van der Waals surface area contributed by atoms with Crippen molar-refractivity contribution in [2.45, 2.75) is 6.42 Å². The Morgan fingerprint density at radius 3 is 3.24 bits per heavy atom. The minimum atomic E-state index is -0.867. The number of aromatic nitrogens is 1. The molecule has 17 heavy (non-hydrogen) atoms. The Labute approximate surface area is 102 Å². The Morgan fingerprint density at radius 2 is 2.41 bits per heavy atom. The SMILES string of the molecule is O=C(O)c1cc2c(s1)CCNc1cccnc1-2. The van der Waals surface area contributed by atoms with Crippen molar-refractivity contribution in [2.75, 3.05) is 11.9 Å². The fourth-order valence-electron chi connectivity index (χ4n) is 1.99. The van der Waals surface area contributed by atoms with E-state index in [0.29, 0.717) is 4.88 Å². The van der Waals surface area contributed by atoms with Crippen LogP contribution in [-0.2, 0) is 6.42 Å². The van der Waals surface area contributed by atoms with Crippen molar-refractivity contribution in [3.05, 3.63) is 34.2 Å². The lowest BCUT2D eigenvalue weighted by Gasteiger charge is -2.05. The first-order valence-corrected chi connectivity index (χ1v) is 6.12. The van der Waals surface area contributed by atoms with Gasteiger partial charge in [0.05, 0.1) is 11.4 Å². The quantitative estimate of drug-likeness (QED) is 0.811. The number of hydrogen-bond acceptors (Lipinski definition) is 4. The number of nitrogens with zero attached hydrogens (tertiary/aromatic N) is 1. The maximum absolute atomic E-state index is 11.0. The number of pyridine rings is 1. The van der Waals surface area contributed by atoms with Gasteiger partial charge in [0.15, 0.2) is 0 Å². The summed E-state index contributed by atoms with van der Waals surface area (Å²) in [6, 6.07) is 5.57. The molecule has 0 spiro atoms. The summed E-state index contributed by atoms with van der Waals surface area (Å²) in [5.41, 5.74) is 2.78. The number of carbonyl (C=O) groups is 1. The largest absolute Gasteiger partial charge is 0.477 e. The second-order valence-electron chi connectivity index (χ2n) is 3.83. The van der Waals surface area contributed by atoms with Gasteiger partial charge in [-0.25, -0.2) is 4.79 Å². The maximum Gasteiger partial charge on any atom is 0.345 e. The van der Waals surface area contributed by atoms with Crippen LogP contribution in [0.2, 0.25) is 0 Å². The van der Waals surface area contributed by atoms with Crippen LogP contribution in [0.5, 0.6) is 0 Å². The molecule has 0 unspecified atom stereocenters. The van der Waals surface area contributed by atoms with E-state index in [2.05, 4.69) is 10.3 Å². The molecule has 1 aliphatic heterocycles. The van der Waals surface area contributed by atoms with Crippen LogP contribution in [0.3, 0.4) is 0 Å². The molecule has 3 heterocycles. The molecule has 5 heteroatoms. The lowest BCUT2D eigenvalue weighted by molar-refractivity contribution is 0.0702. The van der Waals surface area contributed by atoms with Crippen LogP contribution in [-0.4, -0.2) is 22.6 Å². The van der Waals surface area contributed by atoms with Crippen molar-refractivity contribution in [1.82, 2.24) is 4.98 Å². The summed E-state index contributed by atoms with van der Waals surface area (Å²) in [5, 5.41) is 12.3. The normalized spacial score (nSPS) is 13.2. The first-order valence-electron chi connectivity index (χ1n) is 5.31. The van der Waals surface area contributed by atoms with Gasteiger partial charge in [-0.1, -0.05) is 0 Å². The van der Waals surface area contributed by atoms with Crippen LogP contribution in [0.15, 0.2) is 24.4 Å². The molecule has 4 nitrogen and oxygen atoms in total. The highest BCUT2D eigenvalue weighted by atomic mass is 32.1. The molecule has 0 radical (unpaired) electrons. The summed E-state index contributed by atoms with van der Waals surface area (Å²) in [5.74, 6) is -0.867. The van der Waals surface area contributed by atoms with Crippen molar-refractivity contribution in [3.8, 4) is 11.3 Å². The lowest BCUT2D eigenvalue weighted by atomic mass is 10.1. The number of thiophene rings is 1. The van der Waals surface area contributed by atoms with Crippen molar-refractivity contribution >= 4 is 23.0 Å². The monoisotopic (exact) mass is 246 g/mol. The van der Waals surface area contributed by atoms with Crippen LogP contribution in [0.25, 0.3) is 11.3 Å². The molecule has 0 aromatic carbocycles. The number of fused-ring (bicyclic) bond motifs is 3. The highest BCUT2D eigenvalue weighted by Crippen LogP contribution is 2.36. The average molecular weight is 246 g/mol. The van der Waals surface area contributed by atoms with Crippen LogP contribution < -0.4 is 5.32 Å². The summed E-state index contributed by atoms with van der Waals surface area (Å²) in [7, 11) is 0. The molecule has 0 saturated heterocycles. The number of hydrogen-bond donors (Lipinski definition) is 2. The van der Waals surface area contributed by atoms with E-state index in [9.17, 15) is 4.79 Å². The molecular weight excluding hydrogens is 236 g/mol. The summed E-state index contributed by atoms with van der Waals surface area (Å²) >= 11 is 1.34. The summed E-state index contributed by atoms with van der Waals surface area (Å²) in [4.78, 5) is 16.8. The van der Waals surface area contributed by atoms with Gasteiger partial charge in [-0.15, -0.1) is 11.3 Å². The van der Waals surface area contributed by atoms with Crippen molar-refractivity contribution in [1.29, 1.82) is 0 Å². The van der Waals surface area contributed by atoms with Crippen molar-refractivity contribution < 1.29 is 9.90 Å². The van der Waals surface area contributed by atoms with Crippen LogP contribution in [0.1, 0.15) is 14.5 Å². The predicted molar refractivity (Wildman–Crippen MR) is 66.7 cm³/mol. The number of carboxylic acid groups (broad SMARTS) is 1. The summed E-state index contributed by atoms with van der Waals surface area (Å²) in [6.07, 6.45) is 2.57. The Bertz CT molecular complexity index is 592. The predicted octanol–water partition coefficient (Wildman–Crippen LogP) is 2.48. The van der Waals surface area contributed by atoms with Crippen molar-refractivity contribution in [2.24, 2.45) is 0 Å². The first-order chi connectivity index (χ1) is 8.25. The van der Waals surface area contributed by atoms with E-state index in [1.54, 1.807) is 12.3 Å². The highest BCUT2D eigenvalue weighted by Gasteiger charge is 2.20. The van der Waals surface area contributed by atoms with Gasteiger partial charge in [-0.3, -0.25) is 4.98 Å². The molecule has 2 N–H and O–H groups in total. The van der Waals surface area contributed by atoms with Gasteiger partial charge < -0.3 is 10.4 Å². The van der Waals surface area contributed by atoms with E-state index in [1.807, 2.05) is 12.1 Å². The molecule has 0 bridgehead atoms. The van der Waals surface area contributed by atoms with Gasteiger partial charge in [0.2, 0.25) is 0 Å². The topological polar surface area (TPSA) is 62.2 Å². The molecule has 86 valence electrons. The lowest BCUT2D eigenvalue weighted by Crippen LogP contribution is -2.02. The zero-order valence-electron chi connectivity index (χ0n) is 8.93. The Balaban J connectivity index is 2.21. The minimum absolute atomic E-state index is 0.383. The van der Waals surface area contributed by atoms with Gasteiger partial charge in [-0.05, 0) is 24.6 Å². The third-order valence-electron chi connectivity index (χ3n) is 2.75. The van der Waals surface area contributed by atoms with E-state index in [-0.39, 0.29) is 0 Å². The van der Waals surface area contributed by atoms with Gasteiger partial charge >= 0.3 is 5.97 Å². The molecular formula is C12H10N2O2S. The third kappa shape index (κ3) is 1.68. The summed E-state index contributed by atoms with van der Waals surface area (Å²) in [6.45, 7) is 0.811. The number of rotatable bonds is 1. The third-order valence-corrected chi connectivity index (χ3v) is 3.93. The Kier molecular flexibility index (Phi) is 2.33. The number of carboxylic acids is 1. The van der Waals surface area contributed by atoms with Crippen molar-refractivity contribution in [3.63, 3.8) is 0 Å². The van der Waals surface area contributed by atoms with E-state index < -0.39 is 5.97 Å². The fourth-order valence-corrected chi connectivity index (χ4v) is 2.99. The van der Waals surface area contributed by atoms with Crippen LogP contribution in [0, 0.1) is 0 Å². The second-order valence-corrected chi connectivity index (χ2v) is 4.97. The van der Waals surface area contributed by atoms with Gasteiger partial charge in [0.25, 0.3) is 0 Å². The van der Waals surface area contributed by atoms with E-state index >= 15 is 0 Å². The van der Waals surface area contributed by atoms with Gasteiger partial charge in [0, 0.05) is 23.2 Å².